The van der Waals surface area contributed by atoms with E-state index in [9.17, 15) is 0 Å². The van der Waals surface area contributed by atoms with Crippen molar-refractivity contribution in [1.29, 1.82) is 0 Å². The number of fused-ring (bicyclic) bond motifs is 2. The molecule has 0 bridgehead atoms. The highest BCUT2D eigenvalue weighted by Crippen LogP contribution is 2.41. The van der Waals surface area contributed by atoms with E-state index in [4.69, 9.17) is 0 Å². The van der Waals surface area contributed by atoms with Crippen LogP contribution in [0, 0.1) is 17.3 Å². The molecular formula is C23H31N3. The van der Waals surface area contributed by atoms with Crippen LogP contribution >= 0.6 is 0 Å². The second-order valence-electron chi connectivity index (χ2n) is 9.12. The summed E-state index contributed by atoms with van der Waals surface area (Å²) in [6.07, 6.45) is 7.33. The molecule has 1 aliphatic heterocycles. The molecule has 0 spiro atoms. The van der Waals surface area contributed by atoms with Crippen molar-refractivity contribution < 1.29 is 0 Å². The zero-order chi connectivity index (χ0) is 18.1. The third-order valence-corrected chi connectivity index (χ3v) is 6.30. The number of nitrogens with zero attached hydrogens (tertiary/aromatic N) is 2. The molecule has 26 heavy (non-hydrogen) atoms. The molecule has 1 aromatic heterocycles. The van der Waals surface area contributed by atoms with Gasteiger partial charge in [-0.05, 0) is 61.1 Å². The summed E-state index contributed by atoms with van der Waals surface area (Å²) in [7, 11) is 0. The fourth-order valence-corrected chi connectivity index (χ4v) is 4.64. The van der Waals surface area contributed by atoms with E-state index in [-0.39, 0.29) is 0 Å². The van der Waals surface area contributed by atoms with Crippen molar-refractivity contribution in [2.45, 2.75) is 53.0 Å². The zero-order valence-corrected chi connectivity index (χ0v) is 16.3. The van der Waals surface area contributed by atoms with Gasteiger partial charge in [-0.2, -0.15) is 0 Å². The van der Waals surface area contributed by atoms with Gasteiger partial charge in [-0.25, -0.2) is 4.98 Å². The lowest BCUT2D eigenvalue weighted by atomic mass is 9.70. The first kappa shape index (κ1) is 17.4. The van der Waals surface area contributed by atoms with Crippen molar-refractivity contribution in [3.8, 4) is 0 Å². The average molecular weight is 350 g/mol. The Hall–Kier alpha value is -2.03. The quantitative estimate of drug-likeness (QED) is 0.721. The number of para-hydroxylation sites is 2. The Morgan fingerprint density at radius 1 is 1.04 bits per heavy atom. The molecule has 3 heteroatoms. The first-order valence-electron chi connectivity index (χ1n) is 10.1. The van der Waals surface area contributed by atoms with Gasteiger partial charge in [-0.15, -0.1) is 0 Å². The maximum atomic E-state index is 4.56. The number of rotatable bonds is 2. The molecule has 4 rings (SSSR count). The van der Waals surface area contributed by atoms with E-state index in [0.29, 0.717) is 5.41 Å². The highest BCUT2D eigenvalue weighted by Gasteiger charge is 2.31. The Bertz CT molecular complexity index is 754. The lowest BCUT2D eigenvalue weighted by Crippen LogP contribution is -2.33. The van der Waals surface area contributed by atoms with Crippen LogP contribution in [0.4, 0.5) is 17.2 Å². The van der Waals surface area contributed by atoms with Crippen molar-refractivity contribution in [1.82, 2.24) is 4.98 Å². The molecule has 3 nitrogen and oxygen atoms in total. The molecule has 0 amide bonds. The third kappa shape index (κ3) is 3.58. The first-order valence-corrected chi connectivity index (χ1v) is 10.1. The van der Waals surface area contributed by atoms with Gasteiger partial charge in [0.2, 0.25) is 0 Å². The predicted octanol–water partition coefficient (Wildman–Crippen LogP) is 6.00. The monoisotopic (exact) mass is 349 g/mol. The molecule has 2 heterocycles. The smallest absolute Gasteiger partial charge is 0.135 e. The second kappa shape index (κ2) is 6.94. The largest absolute Gasteiger partial charge is 0.365 e. The molecule has 1 aromatic carbocycles. The summed E-state index contributed by atoms with van der Waals surface area (Å²) in [6, 6.07) is 12.9. The number of anilines is 3. The molecule has 0 radical (unpaired) electrons. The van der Waals surface area contributed by atoms with Crippen molar-refractivity contribution in [2.75, 3.05) is 16.8 Å². The van der Waals surface area contributed by atoms with E-state index in [2.05, 4.69) is 66.3 Å². The highest BCUT2D eigenvalue weighted by molar-refractivity contribution is 5.77. The summed E-state index contributed by atoms with van der Waals surface area (Å²) >= 11 is 0. The normalized spacial score (nSPS) is 22.8. The van der Waals surface area contributed by atoms with Gasteiger partial charge in [0.15, 0.2) is 0 Å². The van der Waals surface area contributed by atoms with E-state index in [1.165, 1.54) is 42.6 Å². The Balaban J connectivity index is 1.53. The first-order chi connectivity index (χ1) is 12.5. The maximum absolute atomic E-state index is 4.56. The molecule has 0 atom stereocenters. The summed E-state index contributed by atoms with van der Waals surface area (Å²) in [6.45, 7) is 9.28. The van der Waals surface area contributed by atoms with Crippen molar-refractivity contribution in [2.24, 2.45) is 17.3 Å². The van der Waals surface area contributed by atoms with Gasteiger partial charge in [-0.1, -0.05) is 39.0 Å². The summed E-state index contributed by atoms with van der Waals surface area (Å²) in [5, 5.41) is 3.54. The minimum absolute atomic E-state index is 0.453. The van der Waals surface area contributed by atoms with Crippen LogP contribution in [0.2, 0.25) is 0 Å². The lowest BCUT2D eigenvalue weighted by Gasteiger charge is -2.39. The van der Waals surface area contributed by atoms with Crippen LogP contribution in [0.25, 0.3) is 0 Å². The van der Waals surface area contributed by atoms with Crippen LogP contribution in [0.15, 0.2) is 42.6 Å². The van der Waals surface area contributed by atoms with Gasteiger partial charge in [0, 0.05) is 24.8 Å². The zero-order valence-electron chi connectivity index (χ0n) is 16.3. The Morgan fingerprint density at radius 3 is 2.58 bits per heavy atom. The van der Waals surface area contributed by atoms with E-state index in [1.807, 2.05) is 12.3 Å². The van der Waals surface area contributed by atoms with E-state index in [1.54, 1.807) is 0 Å². The fraction of sp³-hybridized carbons (Fsp3) is 0.522. The van der Waals surface area contributed by atoms with Crippen molar-refractivity contribution in [3.05, 3.63) is 48.2 Å². The maximum Gasteiger partial charge on any atom is 0.135 e. The molecule has 2 aromatic rings. The van der Waals surface area contributed by atoms with Crippen molar-refractivity contribution in [3.63, 3.8) is 0 Å². The molecular weight excluding hydrogens is 318 g/mol. The van der Waals surface area contributed by atoms with Crippen molar-refractivity contribution >= 4 is 17.2 Å². The van der Waals surface area contributed by atoms with Gasteiger partial charge in [0.1, 0.15) is 5.82 Å². The highest BCUT2D eigenvalue weighted by atomic mass is 15.2. The summed E-state index contributed by atoms with van der Waals surface area (Å²) in [5.74, 6) is 2.67. The number of hydrogen-bond acceptors (Lipinski definition) is 3. The minimum Gasteiger partial charge on any atom is -0.365 e. The molecule has 1 N–H and O–H groups in total. The molecule has 1 fully saturated rings. The summed E-state index contributed by atoms with van der Waals surface area (Å²) < 4.78 is 0. The predicted molar refractivity (Wildman–Crippen MR) is 110 cm³/mol. The van der Waals surface area contributed by atoms with Crippen LogP contribution in [0.3, 0.4) is 0 Å². The summed E-state index contributed by atoms with van der Waals surface area (Å²) in [5.41, 5.74) is 4.22. The van der Waals surface area contributed by atoms with Gasteiger partial charge in [0.25, 0.3) is 0 Å². The topological polar surface area (TPSA) is 28.2 Å². The molecule has 2 aliphatic rings. The number of aromatic nitrogens is 1. The molecule has 0 unspecified atom stereocenters. The van der Waals surface area contributed by atoms with Crippen LogP contribution in [0.1, 0.15) is 52.0 Å². The van der Waals surface area contributed by atoms with Gasteiger partial charge >= 0.3 is 0 Å². The third-order valence-electron chi connectivity index (χ3n) is 6.30. The van der Waals surface area contributed by atoms with Gasteiger partial charge in [-0.3, -0.25) is 0 Å². The number of benzene rings is 1. The molecule has 0 saturated heterocycles. The Morgan fingerprint density at radius 2 is 1.81 bits per heavy atom. The molecule has 1 saturated carbocycles. The summed E-state index contributed by atoms with van der Waals surface area (Å²) in [4.78, 5) is 7.13. The standard InChI is InChI=1S/C23H31N3/c1-23(2,3)19-12-10-17(11-13-19)15-26-16-18-7-6-14-24-22(18)25-20-8-4-5-9-21(20)26/h4-9,14,17,19H,10-13,15-16H2,1-3H3,(H,24,25)/t17-,19+. The van der Waals surface area contributed by atoms with Gasteiger partial charge < -0.3 is 10.2 Å². The fourth-order valence-electron chi connectivity index (χ4n) is 4.64. The Kier molecular flexibility index (Phi) is 4.64. The van der Waals surface area contributed by atoms with E-state index < -0.39 is 0 Å². The van der Waals surface area contributed by atoms with Crippen LogP contribution in [-0.2, 0) is 6.54 Å². The van der Waals surface area contributed by atoms with Crippen LogP contribution in [-0.4, -0.2) is 11.5 Å². The SMILES string of the molecule is CC(C)(C)[C@H]1CC[C@@H](CN2Cc3cccnc3Nc3ccccc32)CC1. The average Bonchev–Trinajstić information content (AvgIpc) is 2.78. The van der Waals surface area contributed by atoms with Crippen LogP contribution in [0.5, 0.6) is 0 Å². The van der Waals surface area contributed by atoms with Crippen LogP contribution < -0.4 is 10.2 Å². The number of pyridine rings is 1. The molecule has 1 aliphatic carbocycles. The lowest BCUT2D eigenvalue weighted by molar-refractivity contribution is 0.151. The van der Waals surface area contributed by atoms with E-state index >= 15 is 0 Å². The Labute approximate surface area is 157 Å². The minimum atomic E-state index is 0.453. The number of nitrogens with one attached hydrogen (secondary N) is 1. The van der Waals surface area contributed by atoms with E-state index in [0.717, 1.165) is 30.7 Å². The van der Waals surface area contributed by atoms with Gasteiger partial charge in [0.05, 0.1) is 11.4 Å². The second-order valence-corrected chi connectivity index (χ2v) is 9.12. The number of hydrogen-bond donors (Lipinski definition) is 1. The molecule has 138 valence electrons.